The van der Waals surface area contributed by atoms with Gasteiger partial charge in [0, 0.05) is 22.5 Å². The quantitative estimate of drug-likeness (QED) is 0.823. The molecule has 2 aromatic rings. The Labute approximate surface area is 145 Å². The summed E-state index contributed by atoms with van der Waals surface area (Å²) in [6.07, 6.45) is 0.740. The van der Waals surface area contributed by atoms with E-state index in [0.717, 1.165) is 12.0 Å². The monoisotopic (exact) mass is 352 g/mol. The molecule has 0 fully saturated rings. The maximum atomic E-state index is 11.6. The number of benzene rings is 1. The summed E-state index contributed by atoms with van der Waals surface area (Å²) in [6, 6.07) is 8.93. The summed E-state index contributed by atoms with van der Waals surface area (Å²) in [4.78, 5) is 11.6. The number of carbonyl (C=O) groups excluding carboxylic acids is 1. The third kappa shape index (κ3) is 5.37. The van der Waals surface area contributed by atoms with Crippen LogP contribution < -0.4 is 10.6 Å². The molecule has 7 heteroatoms. The van der Waals surface area contributed by atoms with Gasteiger partial charge in [0.05, 0.1) is 0 Å². The van der Waals surface area contributed by atoms with Crippen molar-refractivity contribution in [2.45, 2.75) is 20.3 Å². The predicted molar refractivity (Wildman–Crippen MR) is 94.2 cm³/mol. The van der Waals surface area contributed by atoms with Crippen LogP contribution >= 0.6 is 23.2 Å². The normalized spacial score (nSPS) is 10.7. The molecule has 0 bridgehead atoms. The largest absolute Gasteiger partial charge is 0.368 e. The van der Waals surface area contributed by atoms with Gasteiger partial charge in [0.1, 0.15) is 5.82 Å². The molecule has 1 heterocycles. The molecule has 0 aliphatic rings. The second-order valence-corrected chi connectivity index (χ2v) is 6.20. The number of hydrogen-bond acceptors (Lipinski definition) is 4. The van der Waals surface area contributed by atoms with Gasteiger partial charge in [-0.15, -0.1) is 10.2 Å². The third-order valence-corrected chi connectivity index (χ3v) is 3.74. The van der Waals surface area contributed by atoms with Crippen molar-refractivity contribution in [1.29, 1.82) is 0 Å². The second-order valence-electron chi connectivity index (χ2n) is 5.36. The van der Waals surface area contributed by atoms with E-state index in [4.69, 9.17) is 23.2 Å². The van der Waals surface area contributed by atoms with Crippen molar-refractivity contribution >= 4 is 40.7 Å². The van der Waals surface area contributed by atoms with E-state index in [1.807, 2.05) is 26.0 Å². The van der Waals surface area contributed by atoms with Crippen LogP contribution in [0.2, 0.25) is 10.0 Å². The van der Waals surface area contributed by atoms with Crippen molar-refractivity contribution in [1.82, 2.24) is 10.2 Å². The summed E-state index contributed by atoms with van der Waals surface area (Å²) in [7, 11) is 0. The smallest absolute Gasteiger partial charge is 0.228 e. The zero-order valence-electron chi connectivity index (χ0n) is 12.9. The summed E-state index contributed by atoms with van der Waals surface area (Å²) < 4.78 is 0. The molecule has 0 aliphatic carbocycles. The Morgan fingerprint density at radius 1 is 1.13 bits per heavy atom. The van der Waals surface area contributed by atoms with Gasteiger partial charge < -0.3 is 10.6 Å². The fourth-order valence-electron chi connectivity index (χ4n) is 1.81. The number of aromatic nitrogens is 2. The van der Waals surface area contributed by atoms with Crippen LogP contribution in [0.1, 0.15) is 19.4 Å². The van der Waals surface area contributed by atoms with Gasteiger partial charge in [-0.3, -0.25) is 4.79 Å². The number of amides is 1. The van der Waals surface area contributed by atoms with Crippen molar-refractivity contribution in [2.24, 2.45) is 5.92 Å². The predicted octanol–water partition coefficient (Wildman–Crippen LogP) is 4.03. The lowest BCUT2D eigenvalue weighted by Gasteiger charge is -2.09. The third-order valence-electron chi connectivity index (χ3n) is 3.16. The Kier molecular flexibility index (Phi) is 6.19. The number of nitrogens with one attached hydrogen (secondary N) is 2. The van der Waals surface area contributed by atoms with Crippen LogP contribution in [-0.2, 0) is 11.2 Å². The van der Waals surface area contributed by atoms with Crippen molar-refractivity contribution < 1.29 is 4.79 Å². The standard InChI is InChI=1S/C16H18Cl2N4O/c1-10(2)16(23)20-15-6-5-14(21-22-15)19-8-7-11-3-4-12(17)9-13(11)18/h3-6,9-10H,7-8H2,1-2H3,(H,19,21)(H,20,22,23). The highest BCUT2D eigenvalue weighted by Crippen LogP contribution is 2.21. The van der Waals surface area contributed by atoms with Crippen LogP contribution in [0.5, 0.6) is 0 Å². The first kappa shape index (κ1) is 17.5. The number of rotatable bonds is 6. The van der Waals surface area contributed by atoms with E-state index in [0.29, 0.717) is 28.2 Å². The molecule has 0 atom stereocenters. The number of hydrogen-bond donors (Lipinski definition) is 2. The van der Waals surface area contributed by atoms with Crippen LogP contribution in [0, 0.1) is 5.92 Å². The molecule has 5 nitrogen and oxygen atoms in total. The molecule has 0 radical (unpaired) electrons. The average Bonchev–Trinajstić information content (AvgIpc) is 2.51. The highest BCUT2D eigenvalue weighted by atomic mass is 35.5. The van der Waals surface area contributed by atoms with Crippen LogP contribution in [0.3, 0.4) is 0 Å². The number of halogens is 2. The Morgan fingerprint density at radius 2 is 1.83 bits per heavy atom. The molecule has 23 heavy (non-hydrogen) atoms. The van der Waals surface area contributed by atoms with E-state index < -0.39 is 0 Å². The Morgan fingerprint density at radius 3 is 2.43 bits per heavy atom. The summed E-state index contributed by atoms with van der Waals surface area (Å²) >= 11 is 12.0. The highest BCUT2D eigenvalue weighted by Gasteiger charge is 2.08. The SMILES string of the molecule is CC(C)C(=O)Nc1ccc(NCCc2ccc(Cl)cc2Cl)nn1. The number of carbonyl (C=O) groups is 1. The Hall–Kier alpha value is -1.85. The minimum absolute atomic E-state index is 0.0858. The van der Waals surface area contributed by atoms with Crippen molar-refractivity contribution in [3.8, 4) is 0 Å². The van der Waals surface area contributed by atoms with Gasteiger partial charge in [-0.25, -0.2) is 0 Å². The zero-order chi connectivity index (χ0) is 16.8. The average molecular weight is 353 g/mol. The number of anilines is 2. The first-order valence-electron chi connectivity index (χ1n) is 7.28. The summed E-state index contributed by atoms with van der Waals surface area (Å²) in [5.74, 6) is 0.892. The van der Waals surface area contributed by atoms with Gasteiger partial charge in [0.2, 0.25) is 5.91 Å². The maximum absolute atomic E-state index is 11.6. The van der Waals surface area contributed by atoms with E-state index in [9.17, 15) is 4.79 Å². The highest BCUT2D eigenvalue weighted by molar-refractivity contribution is 6.35. The molecule has 0 saturated heterocycles. The minimum Gasteiger partial charge on any atom is -0.368 e. The fourth-order valence-corrected chi connectivity index (χ4v) is 2.32. The van der Waals surface area contributed by atoms with Gasteiger partial charge in [-0.2, -0.15) is 0 Å². The van der Waals surface area contributed by atoms with E-state index in [-0.39, 0.29) is 11.8 Å². The molecule has 0 saturated carbocycles. The van der Waals surface area contributed by atoms with Gasteiger partial charge in [-0.1, -0.05) is 43.1 Å². The summed E-state index contributed by atoms with van der Waals surface area (Å²) in [6.45, 7) is 4.30. The molecule has 122 valence electrons. The second kappa shape index (κ2) is 8.13. The van der Waals surface area contributed by atoms with Crippen molar-refractivity contribution in [3.05, 3.63) is 45.9 Å². The Bertz CT molecular complexity index is 674. The molecular weight excluding hydrogens is 335 g/mol. The maximum Gasteiger partial charge on any atom is 0.228 e. The van der Waals surface area contributed by atoms with Crippen LogP contribution in [0.15, 0.2) is 30.3 Å². The molecule has 2 N–H and O–H groups in total. The fraction of sp³-hybridized carbons (Fsp3) is 0.312. The molecule has 2 rings (SSSR count). The van der Waals surface area contributed by atoms with Crippen LogP contribution in [0.25, 0.3) is 0 Å². The van der Waals surface area contributed by atoms with Crippen LogP contribution in [0.4, 0.5) is 11.6 Å². The van der Waals surface area contributed by atoms with Crippen molar-refractivity contribution in [2.75, 3.05) is 17.2 Å². The first-order chi connectivity index (χ1) is 11.0. The van der Waals surface area contributed by atoms with E-state index >= 15 is 0 Å². The molecule has 0 spiro atoms. The first-order valence-corrected chi connectivity index (χ1v) is 8.03. The molecule has 0 aliphatic heterocycles. The topological polar surface area (TPSA) is 66.9 Å². The summed E-state index contributed by atoms with van der Waals surface area (Å²) in [5, 5.41) is 15.1. The molecule has 1 aromatic heterocycles. The molecular formula is C16H18Cl2N4O. The van der Waals surface area contributed by atoms with E-state index in [1.54, 1.807) is 18.2 Å². The summed E-state index contributed by atoms with van der Waals surface area (Å²) in [5.41, 5.74) is 1.01. The lowest BCUT2D eigenvalue weighted by atomic mass is 10.1. The van der Waals surface area contributed by atoms with Gasteiger partial charge in [0.25, 0.3) is 0 Å². The number of nitrogens with zero attached hydrogens (tertiary/aromatic N) is 2. The molecule has 1 amide bonds. The molecule has 1 aromatic carbocycles. The molecule has 0 unspecified atom stereocenters. The van der Waals surface area contributed by atoms with Gasteiger partial charge >= 0.3 is 0 Å². The Balaban J connectivity index is 1.85. The van der Waals surface area contributed by atoms with Gasteiger partial charge in [0.15, 0.2) is 5.82 Å². The van der Waals surface area contributed by atoms with Crippen LogP contribution in [-0.4, -0.2) is 22.6 Å². The minimum atomic E-state index is -0.0984. The zero-order valence-corrected chi connectivity index (χ0v) is 14.4. The lowest BCUT2D eigenvalue weighted by Crippen LogP contribution is -2.19. The van der Waals surface area contributed by atoms with Gasteiger partial charge in [-0.05, 0) is 36.2 Å². The van der Waals surface area contributed by atoms with E-state index in [2.05, 4.69) is 20.8 Å². The van der Waals surface area contributed by atoms with E-state index in [1.165, 1.54) is 0 Å². The lowest BCUT2D eigenvalue weighted by molar-refractivity contribution is -0.118. The van der Waals surface area contributed by atoms with Crippen molar-refractivity contribution in [3.63, 3.8) is 0 Å².